The monoisotopic (exact) mass is 317 g/mol. The lowest BCUT2D eigenvalue weighted by atomic mass is 10.3. The topological polar surface area (TPSA) is 96.6 Å². The van der Waals surface area contributed by atoms with Gasteiger partial charge in [0.1, 0.15) is 18.6 Å². The fraction of sp³-hybridized carbons (Fsp3) is 0.400. The number of nitro groups is 1. The number of carbonyl (C=O) groups is 1. The van der Waals surface area contributed by atoms with E-state index in [1.807, 2.05) is 13.8 Å². The van der Waals surface area contributed by atoms with Gasteiger partial charge in [0.25, 0.3) is 5.69 Å². The van der Waals surface area contributed by atoms with Crippen LogP contribution in [0.2, 0.25) is 0 Å². The number of hydrogen-bond donors (Lipinski definition) is 1. The summed E-state index contributed by atoms with van der Waals surface area (Å²) in [5.41, 5.74) is -0.148. The summed E-state index contributed by atoms with van der Waals surface area (Å²) in [4.78, 5) is 26.3. The maximum Gasteiger partial charge on any atom is 0.323 e. The highest BCUT2D eigenvalue weighted by Gasteiger charge is 2.20. The third-order valence-corrected chi connectivity index (χ3v) is 2.80. The molecule has 1 rings (SSSR count). The number of anilines is 1. The quantitative estimate of drug-likeness (QED) is 0.659. The molecule has 0 aliphatic carbocycles. The molecule has 0 aliphatic heterocycles. The molecule has 0 amide bonds. The van der Waals surface area contributed by atoms with E-state index in [0.29, 0.717) is 10.3 Å². The number of carboxylic acids is 1. The number of nitrogens with zero attached hydrogens (tertiary/aromatic N) is 3. The SMILES string of the molecule is CC(C)N(CC(=O)O)c1ncc([N+](=O)[O-])cc1Br. The number of carboxylic acid groups (broad SMARTS) is 1. The third-order valence-electron chi connectivity index (χ3n) is 2.22. The zero-order valence-corrected chi connectivity index (χ0v) is 11.4. The second-order valence-corrected chi connectivity index (χ2v) is 4.73. The second-order valence-electron chi connectivity index (χ2n) is 3.87. The van der Waals surface area contributed by atoms with E-state index in [4.69, 9.17) is 5.11 Å². The minimum absolute atomic E-state index is 0.0913. The number of rotatable bonds is 5. The van der Waals surface area contributed by atoms with E-state index in [1.54, 1.807) is 0 Å². The molecule has 0 aromatic carbocycles. The molecule has 0 saturated heterocycles. The predicted octanol–water partition coefficient (Wildman–Crippen LogP) is 2.05. The minimum Gasteiger partial charge on any atom is -0.480 e. The third kappa shape index (κ3) is 3.39. The number of pyridine rings is 1. The van der Waals surface area contributed by atoms with Gasteiger partial charge in [0.15, 0.2) is 0 Å². The summed E-state index contributed by atoms with van der Waals surface area (Å²) in [6.07, 6.45) is 1.11. The number of hydrogen-bond acceptors (Lipinski definition) is 5. The van der Waals surface area contributed by atoms with Crippen molar-refractivity contribution >= 4 is 33.4 Å². The first kappa shape index (κ1) is 14.4. The van der Waals surface area contributed by atoms with Crippen molar-refractivity contribution in [3.63, 3.8) is 0 Å². The Morgan fingerprint density at radius 1 is 1.67 bits per heavy atom. The molecule has 7 nitrogen and oxygen atoms in total. The van der Waals surface area contributed by atoms with Gasteiger partial charge < -0.3 is 10.0 Å². The molecule has 0 saturated carbocycles. The van der Waals surface area contributed by atoms with Gasteiger partial charge in [0, 0.05) is 12.1 Å². The zero-order valence-electron chi connectivity index (χ0n) is 9.83. The average Bonchev–Trinajstić information content (AvgIpc) is 2.25. The van der Waals surface area contributed by atoms with Crippen molar-refractivity contribution in [1.82, 2.24) is 4.98 Å². The lowest BCUT2D eigenvalue weighted by Gasteiger charge is -2.26. The van der Waals surface area contributed by atoms with E-state index in [0.717, 1.165) is 6.20 Å². The van der Waals surface area contributed by atoms with Crippen LogP contribution in [0.1, 0.15) is 13.8 Å². The number of aromatic nitrogens is 1. The first-order valence-electron chi connectivity index (χ1n) is 5.11. The Morgan fingerprint density at radius 2 is 2.28 bits per heavy atom. The van der Waals surface area contributed by atoms with Gasteiger partial charge in [-0.1, -0.05) is 0 Å². The molecule has 0 aliphatic rings. The molecule has 0 fully saturated rings. The Labute approximate surface area is 112 Å². The molecular weight excluding hydrogens is 306 g/mol. The maximum atomic E-state index is 10.8. The molecule has 1 aromatic rings. The van der Waals surface area contributed by atoms with E-state index in [-0.39, 0.29) is 18.3 Å². The van der Waals surface area contributed by atoms with Gasteiger partial charge in [-0.25, -0.2) is 4.98 Å². The molecular formula is C10H12BrN3O4. The highest BCUT2D eigenvalue weighted by molar-refractivity contribution is 9.10. The van der Waals surface area contributed by atoms with Crippen LogP contribution in [0.5, 0.6) is 0 Å². The first-order chi connectivity index (χ1) is 8.32. The van der Waals surface area contributed by atoms with Crippen molar-refractivity contribution in [3.05, 3.63) is 26.9 Å². The van der Waals surface area contributed by atoms with E-state index < -0.39 is 10.9 Å². The second kappa shape index (κ2) is 5.76. The predicted molar refractivity (Wildman–Crippen MR) is 68.7 cm³/mol. The molecule has 0 bridgehead atoms. The van der Waals surface area contributed by atoms with Crippen LogP contribution in [-0.4, -0.2) is 33.6 Å². The van der Waals surface area contributed by atoms with Crippen molar-refractivity contribution < 1.29 is 14.8 Å². The van der Waals surface area contributed by atoms with E-state index in [2.05, 4.69) is 20.9 Å². The Bertz CT molecular complexity index is 478. The molecule has 1 aromatic heterocycles. The molecule has 8 heteroatoms. The molecule has 0 atom stereocenters. The average molecular weight is 318 g/mol. The van der Waals surface area contributed by atoms with Crippen LogP contribution >= 0.6 is 15.9 Å². The smallest absolute Gasteiger partial charge is 0.323 e. The van der Waals surface area contributed by atoms with Crippen LogP contribution in [0.15, 0.2) is 16.7 Å². The van der Waals surface area contributed by atoms with Crippen molar-refractivity contribution in [1.29, 1.82) is 0 Å². The summed E-state index contributed by atoms with van der Waals surface area (Å²) in [5.74, 6) is -0.617. The zero-order chi connectivity index (χ0) is 13.9. The van der Waals surface area contributed by atoms with Gasteiger partial charge in [-0.2, -0.15) is 0 Å². The summed E-state index contributed by atoms with van der Waals surface area (Å²) in [7, 11) is 0. The Kier molecular flexibility index (Phi) is 4.60. The largest absolute Gasteiger partial charge is 0.480 e. The summed E-state index contributed by atoms with van der Waals surface area (Å²) < 4.78 is 0.395. The number of halogens is 1. The van der Waals surface area contributed by atoms with Gasteiger partial charge in [-0.3, -0.25) is 14.9 Å². The van der Waals surface area contributed by atoms with Crippen LogP contribution in [0, 0.1) is 10.1 Å². The molecule has 1 N–H and O–H groups in total. The first-order valence-corrected chi connectivity index (χ1v) is 5.90. The molecule has 0 unspecified atom stereocenters. The van der Waals surface area contributed by atoms with Gasteiger partial charge in [0.2, 0.25) is 0 Å². The molecule has 0 spiro atoms. The number of aliphatic carboxylic acids is 1. The standard InChI is InChI=1S/C10H12BrN3O4/c1-6(2)13(5-9(15)16)10-8(11)3-7(4-12-10)14(17)18/h3-4,6H,5H2,1-2H3,(H,15,16). The lowest BCUT2D eigenvalue weighted by Crippen LogP contribution is -2.36. The van der Waals surface area contributed by atoms with Crippen molar-refractivity contribution in [2.45, 2.75) is 19.9 Å². The van der Waals surface area contributed by atoms with Crippen molar-refractivity contribution in [2.75, 3.05) is 11.4 Å². The van der Waals surface area contributed by atoms with Crippen molar-refractivity contribution in [3.8, 4) is 0 Å². The molecule has 1 heterocycles. The van der Waals surface area contributed by atoms with Crippen LogP contribution in [-0.2, 0) is 4.79 Å². The summed E-state index contributed by atoms with van der Waals surface area (Å²) >= 11 is 3.17. The normalized spacial score (nSPS) is 10.4. The fourth-order valence-electron chi connectivity index (χ4n) is 1.38. The maximum absolute atomic E-state index is 10.8. The van der Waals surface area contributed by atoms with Gasteiger partial charge in [0.05, 0.1) is 9.40 Å². The minimum atomic E-state index is -0.990. The molecule has 98 valence electrons. The van der Waals surface area contributed by atoms with Gasteiger partial charge >= 0.3 is 5.97 Å². The Hall–Kier alpha value is -1.70. The molecule has 18 heavy (non-hydrogen) atoms. The van der Waals surface area contributed by atoms with Crippen LogP contribution in [0.3, 0.4) is 0 Å². The summed E-state index contributed by atoms with van der Waals surface area (Å²) in [6, 6.07) is 1.21. The van der Waals surface area contributed by atoms with E-state index in [1.165, 1.54) is 11.0 Å². The summed E-state index contributed by atoms with van der Waals surface area (Å²) in [6.45, 7) is 3.41. The van der Waals surface area contributed by atoms with Gasteiger partial charge in [-0.05, 0) is 29.8 Å². The lowest BCUT2D eigenvalue weighted by molar-refractivity contribution is -0.385. The highest BCUT2D eigenvalue weighted by atomic mass is 79.9. The van der Waals surface area contributed by atoms with E-state index >= 15 is 0 Å². The van der Waals surface area contributed by atoms with Gasteiger partial charge in [-0.15, -0.1) is 0 Å². The molecule has 0 radical (unpaired) electrons. The van der Waals surface area contributed by atoms with Crippen molar-refractivity contribution in [2.24, 2.45) is 0 Å². The fourth-order valence-corrected chi connectivity index (χ4v) is 1.94. The van der Waals surface area contributed by atoms with Crippen LogP contribution in [0.4, 0.5) is 11.5 Å². The Morgan fingerprint density at radius 3 is 2.67 bits per heavy atom. The van der Waals surface area contributed by atoms with E-state index in [9.17, 15) is 14.9 Å². The van der Waals surface area contributed by atoms with Crippen LogP contribution in [0.25, 0.3) is 0 Å². The Balaban J connectivity index is 3.13. The highest BCUT2D eigenvalue weighted by Crippen LogP contribution is 2.28. The summed E-state index contributed by atoms with van der Waals surface area (Å²) in [5, 5.41) is 19.4. The van der Waals surface area contributed by atoms with Crippen LogP contribution < -0.4 is 4.90 Å².